The van der Waals surface area contributed by atoms with E-state index in [-0.39, 0.29) is 23.5 Å². The Morgan fingerprint density at radius 3 is 2.43 bits per heavy atom. The highest BCUT2D eigenvalue weighted by atomic mass is 32.1. The number of carbonyl (C=O) groups is 1. The van der Waals surface area contributed by atoms with E-state index in [1.54, 1.807) is 22.2 Å². The third-order valence-corrected chi connectivity index (χ3v) is 4.52. The summed E-state index contributed by atoms with van der Waals surface area (Å²) in [6.07, 6.45) is 1.61. The van der Waals surface area contributed by atoms with Gasteiger partial charge in [-0.25, -0.2) is 9.78 Å². The van der Waals surface area contributed by atoms with Gasteiger partial charge in [-0.3, -0.25) is 0 Å². The Balaban J connectivity index is 1.95. The molecule has 0 aliphatic heterocycles. The number of aryl methyl sites for hydroxylation is 1. The van der Waals surface area contributed by atoms with E-state index in [4.69, 9.17) is 0 Å². The zero-order valence-corrected chi connectivity index (χ0v) is 15.2. The molecule has 126 valence electrons. The lowest BCUT2D eigenvalue weighted by molar-refractivity contribution is 0.234. The van der Waals surface area contributed by atoms with Crippen LogP contribution in [0.25, 0.3) is 0 Å². The predicted molar refractivity (Wildman–Crippen MR) is 90.3 cm³/mol. The quantitative estimate of drug-likeness (QED) is 0.899. The average Bonchev–Trinajstić information content (AvgIpc) is 3.05. The highest BCUT2D eigenvalue weighted by Gasteiger charge is 2.21. The van der Waals surface area contributed by atoms with Crippen LogP contribution < -0.4 is 10.6 Å². The van der Waals surface area contributed by atoms with Crippen molar-refractivity contribution < 1.29 is 4.79 Å². The second-order valence-corrected chi connectivity index (χ2v) is 7.57. The topological polar surface area (TPSA) is 84.7 Å². The minimum absolute atomic E-state index is 0.0104. The Kier molecular flexibility index (Phi) is 5.03. The molecule has 2 rings (SSSR count). The summed E-state index contributed by atoms with van der Waals surface area (Å²) < 4.78 is 1.78. The molecule has 0 aliphatic rings. The number of thiazole rings is 1. The fourth-order valence-electron chi connectivity index (χ4n) is 2.08. The number of nitrogens with zero attached hydrogens (tertiary/aromatic N) is 4. The van der Waals surface area contributed by atoms with Crippen LogP contribution in [-0.4, -0.2) is 25.8 Å². The van der Waals surface area contributed by atoms with Crippen molar-refractivity contribution in [2.24, 2.45) is 7.05 Å². The molecule has 8 heteroatoms. The molecule has 23 heavy (non-hydrogen) atoms. The molecule has 2 N–H and O–H groups in total. The maximum absolute atomic E-state index is 12.1. The van der Waals surface area contributed by atoms with E-state index in [9.17, 15) is 4.79 Å². The van der Waals surface area contributed by atoms with Crippen LogP contribution in [0.2, 0.25) is 0 Å². The van der Waals surface area contributed by atoms with E-state index in [0.717, 1.165) is 10.7 Å². The average molecular weight is 336 g/mol. The van der Waals surface area contributed by atoms with Crippen molar-refractivity contribution in [1.82, 2.24) is 30.4 Å². The highest BCUT2D eigenvalue weighted by Crippen LogP contribution is 2.26. The van der Waals surface area contributed by atoms with Gasteiger partial charge in [0.1, 0.15) is 11.3 Å². The van der Waals surface area contributed by atoms with Crippen LogP contribution in [0.15, 0.2) is 11.7 Å². The van der Waals surface area contributed by atoms with E-state index in [1.165, 1.54) is 0 Å². The first-order valence-corrected chi connectivity index (χ1v) is 8.43. The van der Waals surface area contributed by atoms with Crippen LogP contribution in [0, 0.1) is 0 Å². The van der Waals surface area contributed by atoms with E-state index in [0.29, 0.717) is 5.82 Å². The Bertz CT molecular complexity index is 672. The largest absolute Gasteiger partial charge is 0.329 e. The molecule has 2 aromatic rings. The Labute approximate surface area is 140 Å². The molecule has 0 aromatic carbocycles. The van der Waals surface area contributed by atoms with Gasteiger partial charge in [0.15, 0.2) is 5.82 Å². The van der Waals surface area contributed by atoms with E-state index in [2.05, 4.69) is 46.6 Å². The molecule has 2 aromatic heterocycles. The fraction of sp³-hybridized carbons (Fsp3) is 0.600. The van der Waals surface area contributed by atoms with Crippen molar-refractivity contribution >= 4 is 17.4 Å². The first-order chi connectivity index (χ1) is 10.7. The second-order valence-electron chi connectivity index (χ2n) is 6.68. The molecule has 0 fully saturated rings. The molecule has 0 bridgehead atoms. The number of amides is 2. The van der Waals surface area contributed by atoms with Gasteiger partial charge in [-0.15, -0.1) is 21.5 Å². The number of hydrogen-bond acceptors (Lipinski definition) is 5. The summed E-state index contributed by atoms with van der Waals surface area (Å²) in [7, 11) is 1.84. The van der Waals surface area contributed by atoms with Crippen LogP contribution >= 0.6 is 11.3 Å². The second kappa shape index (κ2) is 6.66. The molecule has 0 spiro atoms. The zero-order chi connectivity index (χ0) is 17.2. The van der Waals surface area contributed by atoms with Crippen LogP contribution in [-0.2, 0) is 12.5 Å². The van der Waals surface area contributed by atoms with Crippen molar-refractivity contribution in [2.75, 3.05) is 0 Å². The Hall–Kier alpha value is -1.96. The molecule has 0 unspecified atom stereocenters. The minimum atomic E-state index is -0.250. The lowest BCUT2D eigenvalue weighted by Crippen LogP contribution is -2.39. The molecule has 0 aliphatic carbocycles. The summed E-state index contributed by atoms with van der Waals surface area (Å²) in [4.78, 5) is 16.8. The SMILES string of the molecule is C[C@H](NC(=O)N[C@H](C)c1nncn1C)c1nc(C(C)(C)C)cs1. The number of aromatic nitrogens is 4. The van der Waals surface area contributed by atoms with Crippen LogP contribution in [0.5, 0.6) is 0 Å². The van der Waals surface area contributed by atoms with Crippen molar-refractivity contribution in [2.45, 2.75) is 52.1 Å². The zero-order valence-electron chi connectivity index (χ0n) is 14.4. The van der Waals surface area contributed by atoms with Crippen molar-refractivity contribution in [3.8, 4) is 0 Å². The van der Waals surface area contributed by atoms with Gasteiger partial charge in [0.2, 0.25) is 0 Å². The third kappa shape index (κ3) is 4.28. The van der Waals surface area contributed by atoms with Crippen LogP contribution in [0.4, 0.5) is 4.79 Å². The van der Waals surface area contributed by atoms with Crippen molar-refractivity contribution in [1.29, 1.82) is 0 Å². The van der Waals surface area contributed by atoms with E-state index >= 15 is 0 Å². The van der Waals surface area contributed by atoms with Gasteiger partial charge < -0.3 is 15.2 Å². The maximum atomic E-state index is 12.1. The minimum Gasteiger partial charge on any atom is -0.329 e. The summed E-state index contributed by atoms with van der Waals surface area (Å²) in [5.41, 5.74) is 1.05. The van der Waals surface area contributed by atoms with Gasteiger partial charge in [-0.2, -0.15) is 0 Å². The summed E-state index contributed by atoms with van der Waals surface area (Å²) in [6.45, 7) is 10.2. The van der Waals surface area contributed by atoms with Gasteiger partial charge in [0.25, 0.3) is 0 Å². The smallest absolute Gasteiger partial charge is 0.315 e. The number of carbonyl (C=O) groups excluding carboxylic acids is 1. The number of nitrogens with one attached hydrogen (secondary N) is 2. The highest BCUT2D eigenvalue weighted by molar-refractivity contribution is 7.09. The van der Waals surface area contributed by atoms with Gasteiger partial charge >= 0.3 is 6.03 Å². The Morgan fingerprint density at radius 2 is 1.91 bits per heavy atom. The molecule has 2 amide bonds. The standard InChI is InChI=1S/C15H24N6OS/c1-9(12-20-16-8-21(12)6)17-14(22)18-10(2)13-19-11(7-23-13)15(3,4)5/h7-10H,1-6H3,(H2,17,18,22)/t9-,10+/m1/s1. The molecule has 0 saturated carbocycles. The molecular weight excluding hydrogens is 312 g/mol. The Morgan fingerprint density at radius 1 is 1.26 bits per heavy atom. The summed E-state index contributed by atoms with van der Waals surface area (Å²) >= 11 is 1.57. The number of urea groups is 1. The normalized spacial score (nSPS) is 14.3. The van der Waals surface area contributed by atoms with Crippen LogP contribution in [0.1, 0.15) is 63.2 Å². The fourth-order valence-corrected chi connectivity index (χ4v) is 3.13. The van der Waals surface area contributed by atoms with Crippen molar-refractivity contribution in [3.63, 3.8) is 0 Å². The molecular formula is C15H24N6OS. The summed E-state index contributed by atoms with van der Waals surface area (Å²) in [5.74, 6) is 0.706. The lowest BCUT2D eigenvalue weighted by atomic mass is 9.93. The molecule has 2 atom stereocenters. The summed E-state index contributed by atoms with van der Waals surface area (Å²) in [5, 5.41) is 16.5. The maximum Gasteiger partial charge on any atom is 0.315 e. The predicted octanol–water partition coefficient (Wildman–Crippen LogP) is 2.69. The monoisotopic (exact) mass is 336 g/mol. The van der Waals surface area contributed by atoms with E-state index < -0.39 is 0 Å². The molecule has 0 radical (unpaired) electrons. The molecule has 7 nitrogen and oxygen atoms in total. The van der Waals surface area contributed by atoms with Gasteiger partial charge in [0.05, 0.1) is 17.8 Å². The van der Waals surface area contributed by atoms with Crippen molar-refractivity contribution in [3.05, 3.63) is 28.2 Å². The van der Waals surface area contributed by atoms with Gasteiger partial charge in [-0.05, 0) is 13.8 Å². The first-order valence-electron chi connectivity index (χ1n) is 7.55. The lowest BCUT2D eigenvalue weighted by Gasteiger charge is -2.17. The number of hydrogen-bond donors (Lipinski definition) is 2. The van der Waals surface area contributed by atoms with Gasteiger partial charge in [0, 0.05) is 17.8 Å². The van der Waals surface area contributed by atoms with Crippen LogP contribution in [0.3, 0.4) is 0 Å². The van der Waals surface area contributed by atoms with Gasteiger partial charge in [-0.1, -0.05) is 20.8 Å². The number of rotatable bonds is 4. The molecule has 2 heterocycles. The first kappa shape index (κ1) is 17.4. The van der Waals surface area contributed by atoms with E-state index in [1.807, 2.05) is 26.3 Å². The molecule has 0 saturated heterocycles. The summed E-state index contributed by atoms with van der Waals surface area (Å²) in [6, 6.07) is -0.626. The third-order valence-electron chi connectivity index (χ3n) is 3.49.